The number of sulfonamides is 1. The molecule has 0 atom stereocenters. The van der Waals surface area contributed by atoms with Gasteiger partial charge >= 0.3 is 5.91 Å². The van der Waals surface area contributed by atoms with Crippen LogP contribution in [0.1, 0.15) is 45.7 Å². The van der Waals surface area contributed by atoms with Gasteiger partial charge in [-0.2, -0.15) is 4.31 Å². The molecule has 4 rings (SSSR count). The molecule has 0 spiro atoms. The summed E-state index contributed by atoms with van der Waals surface area (Å²) in [4.78, 5) is 25.2. The Bertz CT molecular complexity index is 1250. The van der Waals surface area contributed by atoms with Gasteiger partial charge in [-0.3, -0.25) is 20.4 Å². The highest BCUT2D eigenvalue weighted by atomic mass is 32.2. The minimum atomic E-state index is -3.68. The Morgan fingerprint density at radius 1 is 0.912 bits per heavy atom. The predicted octanol–water partition coefficient (Wildman–Crippen LogP) is 3.11. The normalized spacial score (nSPS) is 14.4. The van der Waals surface area contributed by atoms with E-state index < -0.39 is 21.8 Å². The SMILES string of the molecule is O=C(NNC(=O)c1occc1COc1ccccc1)c1cccc(S(=O)(=O)N2CCCCC2)c1. The van der Waals surface area contributed by atoms with Gasteiger partial charge in [-0.25, -0.2) is 8.42 Å². The quantitative estimate of drug-likeness (QED) is 0.499. The number of hydrazine groups is 1. The van der Waals surface area contributed by atoms with Crippen LogP contribution in [-0.4, -0.2) is 37.6 Å². The molecular formula is C24H25N3O6S. The summed E-state index contributed by atoms with van der Waals surface area (Å²) < 4.78 is 38.1. The van der Waals surface area contributed by atoms with E-state index in [1.807, 2.05) is 18.2 Å². The van der Waals surface area contributed by atoms with Crippen molar-refractivity contribution >= 4 is 21.8 Å². The number of furan rings is 1. The van der Waals surface area contributed by atoms with Gasteiger partial charge in [0.1, 0.15) is 12.4 Å². The van der Waals surface area contributed by atoms with Crippen LogP contribution < -0.4 is 15.6 Å². The fraction of sp³-hybridized carbons (Fsp3) is 0.250. The van der Waals surface area contributed by atoms with Gasteiger partial charge in [-0.15, -0.1) is 0 Å². The van der Waals surface area contributed by atoms with Crippen molar-refractivity contribution in [1.82, 2.24) is 15.2 Å². The van der Waals surface area contributed by atoms with Gasteiger partial charge in [0, 0.05) is 24.2 Å². The average Bonchev–Trinajstić information content (AvgIpc) is 3.36. The van der Waals surface area contributed by atoms with Crippen molar-refractivity contribution in [3.05, 3.63) is 83.8 Å². The summed E-state index contributed by atoms with van der Waals surface area (Å²) in [6.07, 6.45) is 3.99. The number of amides is 2. The Morgan fingerprint density at radius 3 is 2.41 bits per heavy atom. The van der Waals surface area contributed by atoms with Crippen LogP contribution in [0.3, 0.4) is 0 Å². The number of nitrogens with zero attached hydrogens (tertiary/aromatic N) is 1. The molecule has 10 heteroatoms. The van der Waals surface area contributed by atoms with Gasteiger partial charge in [0.05, 0.1) is 11.2 Å². The number of carbonyl (C=O) groups is 2. The molecule has 0 unspecified atom stereocenters. The van der Waals surface area contributed by atoms with E-state index in [9.17, 15) is 18.0 Å². The zero-order valence-corrected chi connectivity index (χ0v) is 19.2. The summed E-state index contributed by atoms with van der Waals surface area (Å²) in [5.74, 6) is -0.680. The van der Waals surface area contributed by atoms with E-state index in [-0.39, 0.29) is 22.8 Å². The fourth-order valence-corrected chi connectivity index (χ4v) is 5.18. The first-order chi connectivity index (χ1) is 16.4. The molecule has 2 aromatic carbocycles. The number of nitrogens with one attached hydrogen (secondary N) is 2. The Balaban J connectivity index is 1.37. The van der Waals surface area contributed by atoms with Gasteiger partial charge in [0.15, 0.2) is 5.76 Å². The van der Waals surface area contributed by atoms with Gasteiger partial charge in [0.25, 0.3) is 5.91 Å². The van der Waals surface area contributed by atoms with Crippen LogP contribution in [0.25, 0.3) is 0 Å². The van der Waals surface area contributed by atoms with Crippen LogP contribution in [0, 0.1) is 0 Å². The third kappa shape index (κ3) is 5.46. The van der Waals surface area contributed by atoms with Gasteiger partial charge < -0.3 is 9.15 Å². The van der Waals surface area contributed by atoms with Gasteiger partial charge in [0.2, 0.25) is 10.0 Å². The number of ether oxygens (including phenoxy) is 1. The second-order valence-electron chi connectivity index (χ2n) is 7.78. The van der Waals surface area contributed by atoms with Crippen molar-refractivity contribution in [3.8, 4) is 5.75 Å². The Morgan fingerprint density at radius 2 is 1.65 bits per heavy atom. The van der Waals surface area contributed by atoms with E-state index in [1.54, 1.807) is 18.2 Å². The maximum Gasteiger partial charge on any atom is 0.305 e. The highest BCUT2D eigenvalue weighted by molar-refractivity contribution is 7.89. The lowest BCUT2D eigenvalue weighted by Gasteiger charge is -2.26. The first-order valence-corrected chi connectivity index (χ1v) is 12.3. The second kappa shape index (κ2) is 10.5. The highest BCUT2D eigenvalue weighted by Crippen LogP contribution is 2.21. The molecule has 0 bridgehead atoms. The number of carbonyl (C=O) groups excluding carboxylic acids is 2. The molecule has 34 heavy (non-hydrogen) atoms. The van der Waals surface area contributed by atoms with E-state index in [0.29, 0.717) is 24.4 Å². The number of hydrogen-bond acceptors (Lipinski definition) is 6. The van der Waals surface area contributed by atoms with Crippen LogP contribution in [-0.2, 0) is 16.6 Å². The van der Waals surface area contributed by atoms with Gasteiger partial charge in [-0.1, -0.05) is 30.7 Å². The Labute approximate surface area is 197 Å². The maximum atomic E-state index is 12.9. The lowest BCUT2D eigenvalue weighted by molar-refractivity contribution is 0.0828. The van der Waals surface area contributed by atoms with E-state index >= 15 is 0 Å². The van der Waals surface area contributed by atoms with E-state index in [0.717, 1.165) is 19.3 Å². The topological polar surface area (TPSA) is 118 Å². The van der Waals surface area contributed by atoms with Crippen molar-refractivity contribution in [2.75, 3.05) is 13.1 Å². The number of hydrogen-bond donors (Lipinski definition) is 2. The molecule has 0 saturated carbocycles. The minimum absolute atomic E-state index is 0.00217. The second-order valence-corrected chi connectivity index (χ2v) is 9.72. The molecule has 1 fully saturated rings. The summed E-state index contributed by atoms with van der Waals surface area (Å²) >= 11 is 0. The summed E-state index contributed by atoms with van der Waals surface area (Å²) in [6, 6.07) is 16.5. The smallest absolute Gasteiger partial charge is 0.305 e. The number of rotatable bonds is 7. The molecule has 1 aliphatic rings. The van der Waals surface area contributed by atoms with Crippen LogP contribution >= 0.6 is 0 Å². The van der Waals surface area contributed by atoms with Crippen molar-refractivity contribution in [3.63, 3.8) is 0 Å². The number of piperidine rings is 1. The van der Waals surface area contributed by atoms with Crippen molar-refractivity contribution in [2.24, 2.45) is 0 Å². The van der Waals surface area contributed by atoms with Crippen molar-refractivity contribution < 1.29 is 27.2 Å². The first-order valence-electron chi connectivity index (χ1n) is 10.9. The summed E-state index contributed by atoms with van der Waals surface area (Å²) in [7, 11) is -3.68. The van der Waals surface area contributed by atoms with Crippen molar-refractivity contribution in [1.29, 1.82) is 0 Å². The molecule has 178 valence electrons. The van der Waals surface area contributed by atoms with E-state index in [4.69, 9.17) is 9.15 Å². The largest absolute Gasteiger partial charge is 0.489 e. The van der Waals surface area contributed by atoms with Crippen molar-refractivity contribution in [2.45, 2.75) is 30.8 Å². The molecule has 0 radical (unpaired) electrons. The zero-order chi connectivity index (χ0) is 24.0. The third-order valence-electron chi connectivity index (χ3n) is 5.43. The van der Waals surface area contributed by atoms with E-state index in [2.05, 4.69) is 10.9 Å². The fourth-order valence-electron chi connectivity index (χ4n) is 3.62. The van der Waals surface area contributed by atoms with E-state index in [1.165, 1.54) is 34.8 Å². The molecule has 9 nitrogen and oxygen atoms in total. The molecule has 1 aromatic heterocycles. The summed E-state index contributed by atoms with van der Waals surface area (Å²) in [6.45, 7) is 1.04. The maximum absolute atomic E-state index is 12.9. The molecule has 2 heterocycles. The molecule has 2 N–H and O–H groups in total. The monoisotopic (exact) mass is 483 g/mol. The summed E-state index contributed by atoms with van der Waals surface area (Å²) in [5.41, 5.74) is 5.20. The zero-order valence-electron chi connectivity index (χ0n) is 18.4. The lowest BCUT2D eigenvalue weighted by atomic mass is 10.2. The lowest BCUT2D eigenvalue weighted by Crippen LogP contribution is -2.42. The van der Waals surface area contributed by atoms with Crippen LogP contribution in [0.4, 0.5) is 0 Å². The molecule has 2 amide bonds. The summed E-state index contributed by atoms with van der Waals surface area (Å²) in [5, 5.41) is 0. The third-order valence-corrected chi connectivity index (χ3v) is 7.32. The Hall–Kier alpha value is -3.63. The molecular weight excluding hydrogens is 458 g/mol. The molecule has 3 aromatic rings. The van der Waals surface area contributed by atoms with Gasteiger partial charge in [-0.05, 0) is 49.2 Å². The standard InChI is InChI=1S/C24H25N3O6S/c28-23(18-8-7-11-21(16-18)34(30,31)27-13-5-2-6-14-27)25-26-24(29)22-19(12-15-32-22)17-33-20-9-3-1-4-10-20/h1,3-4,7-12,15-16H,2,5-6,13-14,17H2,(H,25,28)(H,26,29). The highest BCUT2D eigenvalue weighted by Gasteiger charge is 2.26. The average molecular weight is 484 g/mol. The first kappa shape index (κ1) is 23.5. The van der Waals surface area contributed by atoms with Crippen LogP contribution in [0.15, 0.2) is 76.2 Å². The Kier molecular flexibility index (Phi) is 7.29. The minimum Gasteiger partial charge on any atom is -0.489 e. The number of para-hydroxylation sites is 1. The number of benzene rings is 2. The molecule has 0 aliphatic carbocycles. The predicted molar refractivity (Wildman–Crippen MR) is 123 cm³/mol. The van der Waals surface area contributed by atoms with Crippen LogP contribution in [0.2, 0.25) is 0 Å². The van der Waals surface area contributed by atoms with Crippen LogP contribution in [0.5, 0.6) is 5.75 Å². The molecule has 1 saturated heterocycles. The molecule has 1 aliphatic heterocycles.